The van der Waals surface area contributed by atoms with E-state index in [0.29, 0.717) is 0 Å². The molecule has 0 unspecified atom stereocenters. The zero-order valence-electron chi connectivity index (χ0n) is 12.5. The maximum absolute atomic E-state index is 5.98. The molecule has 0 aliphatic carbocycles. The molecule has 6 heteroatoms. The molecule has 0 radical (unpaired) electrons. The van der Waals surface area contributed by atoms with Crippen molar-refractivity contribution in [3.05, 3.63) is 30.3 Å². The van der Waals surface area contributed by atoms with Gasteiger partial charge in [-0.2, -0.15) is 0 Å². The van der Waals surface area contributed by atoms with Gasteiger partial charge in [0.2, 0.25) is 0 Å². The number of halogens is 1. The summed E-state index contributed by atoms with van der Waals surface area (Å²) in [5.41, 5.74) is 0. The van der Waals surface area contributed by atoms with Crippen LogP contribution in [0, 0.1) is 0 Å². The summed E-state index contributed by atoms with van der Waals surface area (Å²) < 4.78 is 8.51. The van der Waals surface area contributed by atoms with E-state index in [1.165, 1.54) is 19.3 Å². The third-order valence-corrected chi connectivity index (χ3v) is 4.92. The predicted molar refractivity (Wildman–Crippen MR) is 85.5 cm³/mol. The Balaban J connectivity index is 0.00000220. The van der Waals surface area contributed by atoms with Gasteiger partial charge in [-0.15, -0.1) is 12.4 Å². The fourth-order valence-electron chi connectivity index (χ4n) is 2.19. The molecule has 0 atom stereocenters. The van der Waals surface area contributed by atoms with E-state index < -0.39 is 19.8 Å². The molecular formula is C15H26ClN3OTi. The second kappa shape index (κ2) is 12.4. The Morgan fingerprint density at radius 1 is 0.857 bits per heavy atom. The molecule has 1 aliphatic rings. The van der Waals surface area contributed by atoms with Crippen molar-refractivity contribution in [2.45, 2.75) is 19.3 Å². The van der Waals surface area contributed by atoms with Crippen molar-refractivity contribution in [2.75, 3.05) is 39.3 Å². The number of hydrogen-bond donors (Lipinski definition) is 2. The average molecular weight is 348 g/mol. The number of benzene rings is 1. The summed E-state index contributed by atoms with van der Waals surface area (Å²) in [6.07, 6.45) is 3.67. The molecule has 1 aliphatic heterocycles. The van der Waals surface area contributed by atoms with Crippen molar-refractivity contribution in [1.82, 2.24) is 14.0 Å². The molecule has 0 bridgehead atoms. The summed E-state index contributed by atoms with van der Waals surface area (Å²) in [5.74, 6) is 1.01. The first-order valence-electron chi connectivity index (χ1n) is 7.59. The van der Waals surface area contributed by atoms with Crippen LogP contribution in [-0.2, 0) is 19.8 Å². The van der Waals surface area contributed by atoms with Crippen LogP contribution in [0.5, 0.6) is 5.75 Å². The van der Waals surface area contributed by atoms with Gasteiger partial charge in [-0.1, -0.05) is 0 Å². The molecule has 0 saturated carbocycles. The molecule has 4 nitrogen and oxygen atoms in total. The summed E-state index contributed by atoms with van der Waals surface area (Å²) in [7, 11) is 0. The second-order valence-electron chi connectivity index (χ2n) is 5.05. The van der Waals surface area contributed by atoms with Crippen LogP contribution < -0.4 is 14.0 Å². The van der Waals surface area contributed by atoms with Gasteiger partial charge >= 0.3 is 132 Å². The Morgan fingerprint density at radius 2 is 1.43 bits per heavy atom. The minimum atomic E-state index is -0.507. The van der Waals surface area contributed by atoms with Crippen molar-refractivity contribution in [3.63, 3.8) is 0 Å². The average Bonchev–Trinajstić information content (AvgIpc) is 2.48. The molecule has 2 rings (SSSR count). The Morgan fingerprint density at radius 3 is 2.05 bits per heavy atom. The number of nitrogens with zero attached hydrogens (tertiary/aromatic N) is 1. The molecule has 0 spiro atoms. The molecule has 0 aromatic heterocycles. The predicted octanol–water partition coefficient (Wildman–Crippen LogP) is 2.06. The summed E-state index contributed by atoms with van der Waals surface area (Å²) in [4.78, 5) is 0. The topological polar surface area (TPSA) is 36.5 Å². The van der Waals surface area contributed by atoms with Crippen molar-refractivity contribution in [3.8, 4) is 5.75 Å². The first-order valence-corrected chi connectivity index (χ1v) is 8.93. The molecule has 1 saturated heterocycles. The molecule has 1 fully saturated rings. The summed E-state index contributed by atoms with van der Waals surface area (Å²) in [5, 5.41) is 7.01. The molecule has 21 heavy (non-hydrogen) atoms. The molecule has 2 N–H and O–H groups in total. The maximum atomic E-state index is 5.98. The molecule has 1 aromatic carbocycles. The van der Waals surface area contributed by atoms with Gasteiger partial charge in [0.25, 0.3) is 0 Å². The van der Waals surface area contributed by atoms with E-state index in [0.717, 1.165) is 45.0 Å². The molecule has 0 amide bonds. The molecule has 1 heterocycles. The fraction of sp³-hybridized carbons (Fsp3) is 0.600. The van der Waals surface area contributed by atoms with E-state index in [-0.39, 0.29) is 12.4 Å². The number of hydrogen-bond acceptors (Lipinski definition) is 4. The normalized spacial score (nSPS) is 18.7. The zero-order valence-corrected chi connectivity index (χ0v) is 14.9. The Labute approximate surface area is 144 Å². The summed E-state index contributed by atoms with van der Waals surface area (Å²) in [6.45, 7) is 6.80. The first-order chi connectivity index (χ1) is 9.95. The van der Waals surface area contributed by atoms with Crippen LogP contribution >= 0.6 is 12.4 Å². The van der Waals surface area contributed by atoms with Crippen molar-refractivity contribution in [2.24, 2.45) is 0 Å². The molecular weight excluding hydrogens is 322 g/mol. The van der Waals surface area contributed by atoms with Gasteiger partial charge in [0.15, 0.2) is 0 Å². The van der Waals surface area contributed by atoms with E-state index >= 15 is 0 Å². The van der Waals surface area contributed by atoms with Crippen LogP contribution in [-0.4, -0.2) is 42.7 Å². The minimum absolute atomic E-state index is 0. The van der Waals surface area contributed by atoms with Crippen LogP contribution in [0.1, 0.15) is 19.3 Å². The van der Waals surface area contributed by atoms with E-state index in [1.54, 1.807) is 0 Å². The van der Waals surface area contributed by atoms with Crippen LogP contribution in [0.3, 0.4) is 0 Å². The van der Waals surface area contributed by atoms with Crippen LogP contribution in [0.25, 0.3) is 0 Å². The molecule has 118 valence electrons. The number of para-hydroxylation sites is 1. The van der Waals surface area contributed by atoms with Crippen molar-refractivity contribution in [1.29, 1.82) is 0 Å². The quantitative estimate of drug-likeness (QED) is 0.821. The summed E-state index contributed by atoms with van der Waals surface area (Å²) in [6, 6.07) is 10.2. The van der Waals surface area contributed by atoms with E-state index in [2.05, 4.69) is 14.0 Å². The van der Waals surface area contributed by atoms with Gasteiger partial charge in [-0.05, 0) is 0 Å². The zero-order chi connectivity index (χ0) is 13.9. The van der Waals surface area contributed by atoms with E-state index in [4.69, 9.17) is 3.32 Å². The van der Waals surface area contributed by atoms with Crippen molar-refractivity contribution >= 4 is 12.4 Å². The Bertz CT molecular complexity index is 344. The summed E-state index contributed by atoms with van der Waals surface area (Å²) >= 11 is -0.507. The number of rotatable bonds is 3. The van der Waals surface area contributed by atoms with Crippen LogP contribution in [0.15, 0.2) is 30.3 Å². The van der Waals surface area contributed by atoms with Crippen LogP contribution in [0.4, 0.5) is 0 Å². The standard InChI is InChI=1S/C9H20N3.C6H6O.ClH.Ti/c1-4-10-6-2-8-12-9-3-7-11-5-1;7-6-4-2-1-3-5-6;;/h10-11H,1-9H2;1-5,7H;1H;/q-1;;;+2/p-1. The van der Waals surface area contributed by atoms with E-state index in [9.17, 15) is 0 Å². The third-order valence-electron chi connectivity index (χ3n) is 3.31. The third kappa shape index (κ3) is 8.81. The fourth-order valence-corrected chi connectivity index (χ4v) is 3.54. The van der Waals surface area contributed by atoms with Crippen molar-refractivity contribution < 1.29 is 23.1 Å². The second-order valence-corrected chi connectivity index (χ2v) is 6.65. The van der Waals surface area contributed by atoms with E-state index in [1.807, 2.05) is 30.3 Å². The van der Waals surface area contributed by atoms with Gasteiger partial charge in [-0.3, -0.25) is 0 Å². The van der Waals surface area contributed by atoms with Gasteiger partial charge in [-0.25, -0.2) is 0 Å². The van der Waals surface area contributed by atoms with Gasteiger partial charge in [0, 0.05) is 0 Å². The van der Waals surface area contributed by atoms with Gasteiger partial charge < -0.3 is 0 Å². The SMILES string of the molecule is Cl.c1ccc([O][Ti][N]2CCCNCCCNCCC2)cc1. The van der Waals surface area contributed by atoms with Gasteiger partial charge in [0.1, 0.15) is 0 Å². The Hall–Kier alpha value is -0.0957. The van der Waals surface area contributed by atoms with Crippen LogP contribution in [0.2, 0.25) is 0 Å². The monoisotopic (exact) mass is 347 g/mol. The van der Waals surface area contributed by atoms with Gasteiger partial charge in [0.05, 0.1) is 0 Å². The first kappa shape index (κ1) is 19.0. The Kier molecular flexibility index (Phi) is 11.2. The number of nitrogens with one attached hydrogen (secondary N) is 2. The molecule has 1 aromatic rings.